The molecule has 4 nitrogen and oxygen atoms in total. The van der Waals surface area contributed by atoms with Gasteiger partial charge in [0.05, 0.1) is 5.56 Å². The molecule has 3 aromatic rings. The minimum absolute atomic E-state index is 0. The van der Waals surface area contributed by atoms with Gasteiger partial charge in [0.15, 0.2) is 11.6 Å². The van der Waals surface area contributed by atoms with E-state index in [4.69, 9.17) is 10.5 Å². The topological polar surface area (TPSA) is 71.2 Å². The Balaban J connectivity index is 0.000000279. The number of nitrogens with two attached hydrogens (primary N) is 1. The molecule has 0 aliphatic heterocycles. The molecule has 0 radical (unpaired) electrons. The number of hydrogen-bond donors (Lipinski definition) is 1. The molecule has 0 saturated heterocycles. The van der Waals surface area contributed by atoms with Gasteiger partial charge in [-0.3, -0.25) is 0 Å². The summed E-state index contributed by atoms with van der Waals surface area (Å²) in [6, 6.07) is 7.32. The Morgan fingerprint density at radius 1 is 1.00 bits per heavy atom. The minimum atomic E-state index is -4.54. The van der Waals surface area contributed by atoms with Crippen LogP contribution in [0.25, 0.3) is 11.3 Å². The van der Waals surface area contributed by atoms with E-state index >= 15 is 0 Å². The molecule has 11 heteroatoms. The fourth-order valence-corrected chi connectivity index (χ4v) is 3.96. The van der Waals surface area contributed by atoms with E-state index in [0.717, 1.165) is 24.5 Å². The van der Waals surface area contributed by atoms with E-state index in [1.165, 1.54) is 24.5 Å². The number of hydrogen-bond acceptors (Lipinski definition) is 4. The Labute approximate surface area is 244 Å². The maximum atomic E-state index is 13.4. The number of alkyl halides is 3. The summed E-state index contributed by atoms with van der Waals surface area (Å²) in [5.74, 6) is -3.95. The molecule has 1 heterocycles. The zero-order valence-electron chi connectivity index (χ0n) is 21.7. The van der Waals surface area contributed by atoms with E-state index < -0.39 is 35.8 Å². The fourth-order valence-electron chi connectivity index (χ4n) is 3.96. The van der Waals surface area contributed by atoms with Crippen molar-refractivity contribution in [2.45, 2.75) is 45.9 Å². The predicted octanol–water partition coefficient (Wildman–Crippen LogP) is 3.97. The van der Waals surface area contributed by atoms with Crippen molar-refractivity contribution in [3.05, 3.63) is 100 Å². The molecule has 0 saturated carbocycles. The van der Waals surface area contributed by atoms with Crippen LogP contribution >= 0.6 is 0 Å². The number of rotatable bonds is 5. The second-order valence-corrected chi connectivity index (χ2v) is 8.87. The summed E-state index contributed by atoms with van der Waals surface area (Å²) in [5, 5.41) is 11.3. The van der Waals surface area contributed by atoms with Gasteiger partial charge in [0.25, 0.3) is 0 Å². The number of nitrogens with zero attached hydrogens (tertiary/aromatic N) is 1. The number of halogens is 6. The molecule has 0 fully saturated rings. The summed E-state index contributed by atoms with van der Waals surface area (Å²) in [6.45, 7) is 6.41. The van der Waals surface area contributed by atoms with E-state index in [9.17, 15) is 31.4 Å². The van der Waals surface area contributed by atoms with Crippen molar-refractivity contribution in [1.82, 2.24) is 4.98 Å². The number of pyridine rings is 1. The zero-order valence-corrected chi connectivity index (χ0v) is 23.7. The largest absolute Gasteiger partial charge is 1.00 e. The van der Waals surface area contributed by atoms with Crippen molar-refractivity contribution in [1.29, 1.82) is 0 Å². The molecule has 202 valence electrons. The molecular formula is C28H25F6N2NaO2. The Morgan fingerprint density at radius 3 is 2.23 bits per heavy atom. The first-order valence-corrected chi connectivity index (χ1v) is 11.5. The predicted molar refractivity (Wildman–Crippen MR) is 131 cm³/mol. The molecule has 0 bridgehead atoms. The number of aryl methyl sites for hydroxylation is 1. The SMILES string of the molecule is C=C([O-])c1cc(N)cc(C2=C(C)CCC2)c1.Cc1cc(C(F)(F)F)cnc1OCc1cc(F)c(F)cc1F.[Na+]. The Kier molecular flexibility index (Phi) is 11.1. The summed E-state index contributed by atoms with van der Waals surface area (Å²) in [7, 11) is 0. The average Bonchev–Trinajstić information content (AvgIpc) is 3.26. The summed E-state index contributed by atoms with van der Waals surface area (Å²) in [5.41, 5.74) is 9.74. The molecule has 4 rings (SSSR count). The monoisotopic (exact) mass is 558 g/mol. The van der Waals surface area contributed by atoms with Gasteiger partial charge in [0, 0.05) is 29.1 Å². The number of ether oxygens (including phenoxy) is 1. The van der Waals surface area contributed by atoms with Crippen LogP contribution in [0.5, 0.6) is 5.88 Å². The third-order valence-electron chi connectivity index (χ3n) is 5.93. The zero-order chi connectivity index (χ0) is 28.2. The van der Waals surface area contributed by atoms with Gasteiger partial charge in [0.1, 0.15) is 12.4 Å². The van der Waals surface area contributed by atoms with Crippen LogP contribution in [0.1, 0.15) is 54.0 Å². The molecule has 2 aromatic carbocycles. The van der Waals surface area contributed by atoms with E-state index in [-0.39, 0.29) is 52.3 Å². The first kappa shape index (κ1) is 32.3. The molecule has 2 N–H and O–H groups in total. The minimum Gasteiger partial charge on any atom is -0.872 e. The first-order valence-electron chi connectivity index (χ1n) is 11.5. The van der Waals surface area contributed by atoms with Crippen molar-refractivity contribution in [3.63, 3.8) is 0 Å². The van der Waals surface area contributed by atoms with Gasteiger partial charge in [-0.25, -0.2) is 18.2 Å². The Hall–Kier alpha value is -2.95. The van der Waals surface area contributed by atoms with Crippen LogP contribution < -0.4 is 45.1 Å². The van der Waals surface area contributed by atoms with E-state index in [2.05, 4.69) is 18.5 Å². The van der Waals surface area contributed by atoms with E-state index in [0.29, 0.717) is 29.6 Å². The fraction of sp³-hybridized carbons (Fsp3) is 0.250. The first-order chi connectivity index (χ1) is 17.8. The quantitative estimate of drug-likeness (QED) is 0.169. The Morgan fingerprint density at radius 2 is 1.67 bits per heavy atom. The molecule has 1 aromatic heterocycles. The van der Waals surface area contributed by atoms with Crippen LogP contribution in [0.2, 0.25) is 0 Å². The molecule has 39 heavy (non-hydrogen) atoms. The van der Waals surface area contributed by atoms with Crippen molar-refractivity contribution in [2.24, 2.45) is 0 Å². The summed E-state index contributed by atoms with van der Waals surface area (Å²) in [4.78, 5) is 3.50. The number of nitrogen functional groups attached to an aromatic ring is 1. The molecule has 0 spiro atoms. The van der Waals surface area contributed by atoms with Crippen LogP contribution in [0.4, 0.5) is 32.0 Å². The molecule has 1 aliphatic rings. The number of allylic oxidation sites excluding steroid dienone is 2. The van der Waals surface area contributed by atoms with Crippen molar-refractivity contribution < 1.29 is 65.7 Å². The standard InChI is InChI=1S/C14H9F6NO.C14H17NO.Na/c1-7-2-9(14(18,19)20)5-21-13(7)22-6-8-3-11(16)12(17)4-10(8)15;1-9-4-3-5-14(9)12-6-11(10(2)16)7-13(15)8-12;/h2-5H,6H2,1H3;6-8,16H,2-5,15H2,1H3;/q;;+1/p-1. The van der Waals surface area contributed by atoms with Crippen LogP contribution in [-0.2, 0) is 12.8 Å². The second kappa shape index (κ2) is 13.4. The third kappa shape index (κ3) is 8.52. The average molecular weight is 558 g/mol. The smallest absolute Gasteiger partial charge is 0.872 e. The van der Waals surface area contributed by atoms with Gasteiger partial charge in [-0.05, 0) is 80.1 Å². The second-order valence-electron chi connectivity index (χ2n) is 8.87. The molecular weight excluding hydrogens is 533 g/mol. The number of aromatic nitrogens is 1. The molecule has 0 unspecified atom stereocenters. The van der Waals surface area contributed by atoms with Gasteiger partial charge in [0.2, 0.25) is 5.88 Å². The maximum absolute atomic E-state index is 13.4. The van der Waals surface area contributed by atoms with Crippen LogP contribution in [0, 0.1) is 24.4 Å². The molecule has 0 amide bonds. The summed E-state index contributed by atoms with van der Waals surface area (Å²) < 4.78 is 81.7. The summed E-state index contributed by atoms with van der Waals surface area (Å²) >= 11 is 0. The van der Waals surface area contributed by atoms with E-state index in [1.807, 2.05) is 12.1 Å². The van der Waals surface area contributed by atoms with Crippen LogP contribution in [-0.4, -0.2) is 4.98 Å². The molecule has 1 aliphatic carbocycles. The van der Waals surface area contributed by atoms with Crippen LogP contribution in [0.3, 0.4) is 0 Å². The van der Waals surface area contributed by atoms with Gasteiger partial charge >= 0.3 is 35.7 Å². The third-order valence-corrected chi connectivity index (χ3v) is 5.93. The van der Waals surface area contributed by atoms with Crippen LogP contribution in [0.15, 0.2) is 54.7 Å². The Bertz CT molecular complexity index is 1390. The van der Waals surface area contributed by atoms with Gasteiger partial charge in [-0.1, -0.05) is 5.57 Å². The summed E-state index contributed by atoms with van der Waals surface area (Å²) in [6.07, 6.45) is -0.534. The van der Waals surface area contributed by atoms with Crippen molar-refractivity contribution in [2.75, 3.05) is 5.73 Å². The van der Waals surface area contributed by atoms with Gasteiger partial charge in [-0.2, -0.15) is 13.2 Å². The number of benzene rings is 2. The number of anilines is 1. The van der Waals surface area contributed by atoms with Gasteiger partial charge < -0.3 is 15.6 Å². The van der Waals surface area contributed by atoms with E-state index in [1.54, 1.807) is 6.07 Å². The maximum Gasteiger partial charge on any atom is 1.00 e. The van der Waals surface area contributed by atoms with Crippen molar-refractivity contribution in [3.8, 4) is 5.88 Å². The van der Waals surface area contributed by atoms with Gasteiger partial charge in [-0.15, -0.1) is 12.3 Å². The molecule has 0 atom stereocenters. The van der Waals surface area contributed by atoms with Crippen molar-refractivity contribution >= 4 is 17.0 Å². The normalized spacial score (nSPS) is 12.9.